The van der Waals surface area contributed by atoms with E-state index in [-0.39, 0.29) is 10.7 Å². The summed E-state index contributed by atoms with van der Waals surface area (Å²) >= 11 is 5.60. The lowest BCUT2D eigenvalue weighted by Gasteiger charge is -2.20. The van der Waals surface area contributed by atoms with Gasteiger partial charge < -0.3 is 10.0 Å². The number of nitrogens with zero attached hydrogens (tertiary/aromatic N) is 3. The highest BCUT2D eigenvalue weighted by molar-refractivity contribution is 6.29. The molecule has 0 bridgehead atoms. The molecule has 0 radical (unpaired) electrons. The number of hydrogen-bond acceptors (Lipinski definition) is 4. The minimum atomic E-state index is -1.05. The average molecular weight is 230 g/mol. The van der Waals surface area contributed by atoms with Crippen LogP contribution in [0.3, 0.4) is 0 Å². The number of carboxylic acid groups (broad SMARTS) is 1. The molecule has 0 saturated heterocycles. The SMILES string of the molecule is CCN(CC)c1nnc(Cl)cc1C(=O)O. The minimum Gasteiger partial charge on any atom is -0.478 e. The van der Waals surface area contributed by atoms with Crippen LogP contribution in [0.2, 0.25) is 5.15 Å². The van der Waals surface area contributed by atoms with Crippen molar-refractivity contribution in [1.82, 2.24) is 10.2 Å². The van der Waals surface area contributed by atoms with Gasteiger partial charge in [0.1, 0.15) is 5.56 Å². The number of halogens is 1. The van der Waals surface area contributed by atoms with Crippen LogP contribution in [0.25, 0.3) is 0 Å². The van der Waals surface area contributed by atoms with Gasteiger partial charge >= 0.3 is 5.97 Å². The molecule has 1 rings (SSSR count). The Morgan fingerprint density at radius 1 is 1.47 bits per heavy atom. The van der Waals surface area contributed by atoms with Crippen LogP contribution < -0.4 is 4.90 Å². The van der Waals surface area contributed by atoms with Gasteiger partial charge in [0, 0.05) is 13.1 Å². The van der Waals surface area contributed by atoms with Crippen LogP contribution in [0, 0.1) is 0 Å². The van der Waals surface area contributed by atoms with E-state index >= 15 is 0 Å². The van der Waals surface area contributed by atoms with Crippen molar-refractivity contribution in [2.45, 2.75) is 13.8 Å². The third-order valence-corrected chi connectivity index (χ3v) is 2.22. The van der Waals surface area contributed by atoms with Gasteiger partial charge in [-0.25, -0.2) is 4.79 Å². The Labute approximate surface area is 92.7 Å². The smallest absolute Gasteiger partial charge is 0.339 e. The molecule has 0 spiro atoms. The summed E-state index contributed by atoms with van der Waals surface area (Å²) in [6.07, 6.45) is 0. The van der Waals surface area contributed by atoms with Gasteiger partial charge in [-0.2, -0.15) is 0 Å². The quantitative estimate of drug-likeness (QED) is 0.851. The van der Waals surface area contributed by atoms with E-state index in [0.29, 0.717) is 18.9 Å². The summed E-state index contributed by atoms with van der Waals surface area (Å²) in [5.41, 5.74) is 0.0821. The molecule has 0 saturated carbocycles. The maximum Gasteiger partial charge on any atom is 0.339 e. The third kappa shape index (κ3) is 2.56. The summed E-state index contributed by atoms with van der Waals surface area (Å²) < 4.78 is 0. The molecule has 15 heavy (non-hydrogen) atoms. The highest BCUT2D eigenvalue weighted by atomic mass is 35.5. The number of aromatic nitrogens is 2. The number of hydrogen-bond donors (Lipinski definition) is 1. The van der Waals surface area contributed by atoms with Crippen molar-refractivity contribution in [3.05, 3.63) is 16.8 Å². The van der Waals surface area contributed by atoms with Crippen LogP contribution in [-0.4, -0.2) is 34.4 Å². The summed E-state index contributed by atoms with van der Waals surface area (Å²) in [5.74, 6) is -0.689. The highest BCUT2D eigenvalue weighted by Gasteiger charge is 2.17. The lowest BCUT2D eigenvalue weighted by molar-refractivity contribution is 0.0697. The Kier molecular flexibility index (Phi) is 3.85. The topological polar surface area (TPSA) is 66.3 Å². The molecule has 0 atom stereocenters. The second-order valence-corrected chi connectivity index (χ2v) is 3.27. The first-order valence-corrected chi connectivity index (χ1v) is 4.99. The standard InChI is InChI=1S/C9H12ClN3O2/c1-3-13(4-2)8-6(9(14)15)5-7(10)11-12-8/h5H,3-4H2,1-2H3,(H,14,15). The normalized spacial score (nSPS) is 10.1. The Balaban J connectivity index is 3.21. The number of anilines is 1. The summed E-state index contributed by atoms with van der Waals surface area (Å²) in [6.45, 7) is 5.19. The van der Waals surface area contributed by atoms with Crippen molar-refractivity contribution in [2.24, 2.45) is 0 Å². The van der Waals surface area contributed by atoms with E-state index < -0.39 is 5.97 Å². The first kappa shape index (κ1) is 11.7. The van der Waals surface area contributed by atoms with E-state index in [2.05, 4.69) is 10.2 Å². The molecule has 6 heteroatoms. The van der Waals surface area contributed by atoms with Crippen LogP contribution in [-0.2, 0) is 0 Å². The molecule has 1 aromatic rings. The van der Waals surface area contributed by atoms with Crippen LogP contribution in [0.15, 0.2) is 6.07 Å². The zero-order chi connectivity index (χ0) is 11.4. The second-order valence-electron chi connectivity index (χ2n) is 2.88. The molecular formula is C9H12ClN3O2. The van der Waals surface area contributed by atoms with E-state index in [1.54, 1.807) is 0 Å². The van der Waals surface area contributed by atoms with E-state index in [4.69, 9.17) is 16.7 Å². The van der Waals surface area contributed by atoms with E-state index in [9.17, 15) is 4.79 Å². The fourth-order valence-electron chi connectivity index (χ4n) is 1.28. The average Bonchev–Trinajstić information content (AvgIpc) is 2.21. The van der Waals surface area contributed by atoms with Crippen LogP contribution in [0.4, 0.5) is 5.82 Å². The highest BCUT2D eigenvalue weighted by Crippen LogP contribution is 2.19. The molecule has 0 aliphatic heterocycles. The van der Waals surface area contributed by atoms with Crippen LogP contribution in [0.1, 0.15) is 24.2 Å². The van der Waals surface area contributed by atoms with Crippen molar-refractivity contribution >= 4 is 23.4 Å². The van der Waals surface area contributed by atoms with Crippen LogP contribution in [0.5, 0.6) is 0 Å². The number of aromatic carboxylic acids is 1. The Hall–Kier alpha value is -1.36. The molecule has 1 N–H and O–H groups in total. The van der Waals surface area contributed by atoms with Gasteiger partial charge in [-0.15, -0.1) is 10.2 Å². The van der Waals surface area contributed by atoms with Gasteiger partial charge in [-0.05, 0) is 19.9 Å². The molecule has 0 fully saturated rings. The molecule has 5 nitrogen and oxygen atoms in total. The first-order chi connectivity index (χ1) is 7.10. The lowest BCUT2D eigenvalue weighted by Crippen LogP contribution is -2.25. The molecule has 0 amide bonds. The minimum absolute atomic E-state index is 0.0821. The van der Waals surface area contributed by atoms with E-state index in [1.807, 2.05) is 18.7 Å². The number of carboxylic acids is 1. The predicted molar refractivity (Wildman–Crippen MR) is 57.6 cm³/mol. The zero-order valence-corrected chi connectivity index (χ0v) is 9.32. The molecule has 1 heterocycles. The summed E-state index contributed by atoms with van der Waals surface area (Å²) in [4.78, 5) is 12.8. The van der Waals surface area contributed by atoms with Crippen molar-refractivity contribution in [3.63, 3.8) is 0 Å². The van der Waals surface area contributed by atoms with Gasteiger partial charge in [-0.3, -0.25) is 0 Å². The van der Waals surface area contributed by atoms with E-state index in [0.717, 1.165) is 0 Å². The van der Waals surface area contributed by atoms with E-state index in [1.165, 1.54) is 6.07 Å². The Morgan fingerprint density at radius 3 is 2.53 bits per heavy atom. The fraction of sp³-hybridized carbons (Fsp3) is 0.444. The fourth-order valence-corrected chi connectivity index (χ4v) is 1.42. The number of carbonyl (C=O) groups is 1. The monoisotopic (exact) mass is 229 g/mol. The van der Waals surface area contributed by atoms with Crippen LogP contribution >= 0.6 is 11.6 Å². The summed E-state index contributed by atoms with van der Waals surface area (Å²) in [6, 6.07) is 1.31. The maximum absolute atomic E-state index is 11.0. The lowest BCUT2D eigenvalue weighted by atomic mass is 10.2. The maximum atomic E-state index is 11.0. The second kappa shape index (κ2) is 4.93. The summed E-state index contributed by atoms with van der Waals surface area (Å²) in [5, 5.41) is 16.5. The van der Waals surface area contributed by atoms with Gasteiger partial charge in [0.15, 0.2) is 11.0 Å². The molecule has 82 valence electrons. The van der Waals surface area contributed by atoms with Gasteiger partial charge in [0.2, 0.25) is 0 Å². The van der Waals surface area contributed by atoms with Crippen molar-refractivity contribution in [3.8, 4) is 0 Å². The molecule has 1 aromatic heterocycles. The molecule has 0 aromatic carbocycles. The Morgan fingerprint density at radius 2 is 2.07 bits per heavy atom. The predicted octanol–water partition coefficient (Wildman–Crippen LogP) is 1.67. The van der Waals surface area contributed by atoms with Gasteiger partial charge in [0.05, 0.1) is 0 Å². The summed E-state index contributed by atoms with van der Waals surface area (Å²) in [7, 11) is 0. The van der Waals surface area contributed by atoms with Gasteiger partial charge in [-0.1, -0.05) is 11.6 Å². The number of rotatable bonds is 4. The third-order valence-electron chi connectivity index (χ3n) is 2.04. The van der Waals surface area contributed by atoms with Crippen molar-refractivity contribution in [2.75, 3.05) is 18.0 Å². The molecule has 0 unspecified atom stereocenters. The van der Waals surface area contributed by atoms with Gasteiger partial charge in [0.25, 0.3) is 0 Å². The zero-order valence-electron chi connectivity index (χ0n) is 8.57. The molecular weight excluding hydrogens is 218 g/mol. The first-order valence-electron chi connectivity index (χ1n) is 4.61. The Bertz CT molecular complexity index is 366. The molecule has 0 aliphatic rings. The van der Waals surface area contributed by atoms with Crippen molar-refractivity contribution < 1.29 is 9.90 Å². The van der Waals surface area contributed by atoms with Crippen molar-refractivity contribution in [1.29, 1.82) is 0 Å². The molecule has 0 aliphatic carbocycles. The largest absolute Gasteiger partial charge is 0.478 e.